The fourth-order valence-corrected chi connectivity index (χ4v) is 1.08. The molecule has 0 saturated heterocycles. The van der Waals surface area contributed by atoms with Crippen LogP contribution in [0.25, 0.3) is 0 Å². The molecule has 0 amide bonds. The minimum absolute atomic E-state index is 0.174. The van der Waals surface area contributed by atoms with Crippen molar-refractivity contribution in [1.29, 1.82) is 0 Å². The third-order valence-electron chi connectivity index (χ3n) is 0.963. The van der Waals surface area contributed by atoms with Crippen molar-refractivity contribution in [1.82, 2.24) is 5.32 Å². The Morgan fingerprint density at radius 3 is 2.67 bits per heavy atom. The third-order valence-corrected chi connectivity index (χ3v) is 1.33. The number of ketones is 1. The van der Waals surface area contributed by atoms with Crippen molar-refractivity contribution in [2.24, 2.45) is 0 Å². The third kappa shape index (κ3) is 5.86. The van der Waals surface area contributed by atoms with Gasteiger partial charge in [-0.3, -0.25) is 4.79 Å². The van der Waals surface area contributed by atoms with E-state index in [1.165, 1.54) is 0 Å². The summed E-state index contributed by atoms with van der Waals surface area (Å²) >= 11 is 4.17. The molecule has 0 heterocycles. The summed E-state index contributed by atoms with van der Waals surface area (Å²) in [5.41, 5.74) is 0. The first-order valence-electron chi connectivity index (χ1n) is 2.99. The van der Waals surface area contributed by atoms with Crippen molar-refractivity contribution < 1.29 is 4.79 Å². The number of nitrogens with one attached hydrogen (secondary N) is 1. The summed E-state index contributed by atoms with van der Waals surface area (Å²) in [6.45, 7) is 2.38. The second-order valence-corrected chi connectivity index (χ2v) is 2.85. The largest absolute Gasteiger partial charge is 0.319 e. The summed E-state index contributed by atoms with van der Waals surface area (Å²) in [4.78, 5) is 10.5. The molecule has 0 bridgehead atoms. The Balaban J connectivity index is 3.26. The molecular formula is C6H13NOS. The predicted octanol–water partition coefficient (Wildman–Crippen LogP) is 0.483. The number of hydrogen-bond donors (Lipinski definition) is 2. The van der Waals surface area contributed by atoms with Crippen LogP contribution in [-0.4, -0.2) is 24.6 Å². The maximum absolute atomic E-state index is 10.5. The zero-order valence-electron chi connectivity index (χ0n) is 5.85. The molecule has 0 aliphatic rings. The van der Waals surface area contributed by atoms with Gasteiger partial charge in [0, 0.05) is 18.2 Å². The molecule has 1 N–H and O–H groups in total. The lowest BCUT2D eigenvalue weighted by atomic mass is 10.2. The summed E-state index contributed by atoms with van der Waals surface area (Å²) in [5, 5.41) is 3.12. The first kappa shape index (κ1) is 8.98. The molecule has 0 aliphatic heterocycles. The Morgan fingerprint density at radius 2 is 2.33 bits per heavy atom. The molecule has 1 atom stereocenters. The van der Waals surface area contributed by atoms with Crippen LogP contribution in [0.4, 0.5) is 0 Å². The highest BCUT2D eigenvalue weighted by Crippen LogP contribution is 1.99. The van der Waals surface area contributed by atoms with E-state index in [-0.39, 0.29) is 11.0 Å². The van der Waals surface area contributed by atoms with Crippen LogP contribution in [0.3, 0.4) is 0 Å². The van der Waals surface area contributed by atoms with E-state index >= 15 is 0 Å². The predicted molar refractivity (Wildman–Crippen MR) is 42.0 cm³/mol. The molecular weight excluding hydrogens is 134 g/mol. The molecule has 0 fully saturated rings. The van der Waals surface area contributed by atoms with Crippen LogP contribution in [0.15, 0.2) is 0 Å². The summed E-state index contributed by atoms with van der Waals surface area (Å²) in [5.74, 6) is 0.199. The Morgan fingerprint density at radius 1 is 1.78 bits per heavy atom. The molecule has 0 spiro atoms. The SMILES string of the molecule is CNCC(S)CC(C)=O. The van der Waals surface area contributed by atoms with Gasteiger partial charge >= 0.3 is 0 Å². The zero-order chi connectivity index (χ0) is 7.28. The quantitative estimate of drug-likeness (QED) is 0.566. The van der Waals surface area contributed by atoms with E-state index in [0.29, 0.717) is 6.42 Å². The highest BCUT2D eigenvalue weighted by Gasteiger charge is 2.02. The maximum Gasteiger partial charge on any atom is 0.130 e. The van der Waals surface area contributed by atoms with Crippen molar-refractivity contribution in [3.8, 4) is 0 Å². The van der Waals surface area contributed by atoms with E-state index in [1.54, 1.807) is 6.92 Å². The Bertz CT molecular complexity index is 95.1. The Hall–Kier alpha value is -0.0200. The van der Waals surface area contributed by atoms with Gasteiger partial charge in [0.05, 0.1) is 0 Å². The van der Waals surface area contributed by atoms with E-state index < -0.39 is 0 Å². The molecule has 0 aromatic heterocycles. The lowest BCUT2D eigenvalue weighted by Gasteiger charge is -2.05. The average molecular weight is 147 g/mol. The van der Waals surface area contributed by atoms with Crippen LogP contribution >= 0.6 is 12.6 Å². The molecule has 1 unspecified atom stereocenters. The summed E-state index contributed by atoms with van der Waals surface area (Å²) < 4.78 is 0. The van der Waals surface area contributed by atoms with Crippen molar-refractivity contribution in [3.05, 3.63) is 0 Å². The molecule has 0 rings (SSSR count). The number of rotatable bonds is 4. The van der Waals surface area contributed by atoms with Crippen molar-refractivity contribution in [3.63, 3.8) is 0 Å². The van der Waals surface area contributed by atoms with Gasteiger partial charge in [0.1, 0.15) is 5.78 Å². The second kappa shape index (κ2) is 4.82. The Kier molecular flexibility index (Phi) is 4.81. The summed E-state index contributed by atoms with van der Waals surface area (Å²) in [6, 6.07) is 0. The van der Waals surface area contributed by atoms with Gasteiger partial charge in [-0.25, -0.2) is 0 Å². The number of hydrogen-bond acceptors (Lipinski definition) is 3. The van der Waals surface area contributed by atoms with Crippen LogP contribution < -0.4 is 5.32 Å². The molecule has 0 aliphatic carbocycles. The van der Waals surface area contributed by atoms with Gasteiger partial charge in [0.15, 0.2) is 0 Å². The first-order chi connectivity index (χ1) is 4.16. The molecule has 54 valence electrons. The van der Waals surface area contributed by atoms with Crippen LogP contribution in [-0.2, 0) is 4.79 Å². The fraction of sp³-hybridized carbons (Fsp3) is 0.833. The number of thiol groups is 1. The van der Waals surface area contributed by atoms with Gasteiger partial charge in [-0.15, -0.1) is 0 Å². The number of carbonyl (C=O) groups is 1. The van der Waals surface area contributed by atoms with Crippen LogP contribution in [0, 0.1) is 0 Å². The highest BCUT2D eigenvalue weighted by molar-refractivity contribution is 7.81. The Labute approximate surface area is 61.4 Å². The van der Waals surface area contributed by atoms with Crippen molar-refractivity contribution in [2.45, 2.75) is 18.6 Å². The average Bonchev–Trinajstić information content (AvgIpc) is 1.63. The lowest BCUT2D eigenvalue weighted by molar-refractivity contribution is -0.116. The van der Waals surface area contributed by atoms with Gasteiger partial charge in [-0.2, -0.15) is 12.6 Å². The van der Waals surface area contributed by atoms with Gasteiger partial charge in [0.25, 0.3) is 0 Å². The number of carbonyl (C=O) groups excluding carboxylic acids is 1. The van der Waals surface area contributed by atoms with E-state index in [2.05, 4.69) is 17.9 Å². The van der Waals surface area contributed by atoms with Crippen molar-refractivity contribution >= 4 is 18.4 Å². The minimum Gasteiger partial charge on any atom is -0.319 e. The standard InChI is InChI=1S/C6H13NOS/c1-5(8)3-6(9)4-7-2/h6-7,9H,3-4H2,1-2H3. The van der Waals surface area contributed by atoms with E-state index in [0.717, 1.165) is 6.54 Å². The lowest BCUT2D eigenvalue weighted by Crippen LogP contribution is -2.20. The maximum atomic E-state index is 10.5. The molecule has 9 heavy (non-hydrogen) atoms. The van der Waals surface area contributed by atoms with Gasteiger partial charge < -0.3 is 5.32 Å². The van der Waals surface area contributed by atoms with Crippen LogP contribution in [0.1, 0.15) is 13.3 Å². The van der Waals surface area contributed by atoms with Gasteiger partial charge in [-0.05, 0) is 14.0 Å². The molecule has 0 radical (unpaired) electrons. The zero-order valence-corrected chi connectivity index (χ0v) is 6.74. The smallest absolute Gasteiger partial charge is 0.130 e. The van der Waals surface area contributed by atoms with Gasteiger partial charge in [0.2, 0.25) is 0 Å². The minimum atomic E-state index is 0.174. The summed E-state index contributed by atoms with van der Waals surface area (Å²) in [7, 11) is 1.85. The number of Topliss-reactive ketones (excluding diaryl/α,β-unsaturated/α-hetero) is 1. The van der Waals surface area contributed by atoms with E-state index in [1.807, 2.05) is 7.05 Å². The molecule has 0 saturated carbocycles. The van der Waals surface area contributed by atoms with Crippen LogP contribution in [0.2, 0.25) is 0 Å². The molecule has 2 nitrogen and oxygen atoms in total. The second-order valence-electron chi connectivity index (χ2n) is 2.12. The molecule has 0 aromatic rings. The van der Waals surface area contributed by atoms with Crippen LogP contribution in [0.5, 0.6) is 0 Å². The van der Waals surface area contributed by atoms with Crippen molar-refractivity contribution in [2.75, 3.05) is 13.6 Å². The van der Waals surface area contributed by atoms with Gasteiger partial charge in [-0.1, -0.05) is 0 Å². The molecule has 0 aromatic carbocycles. The topological polar surface area (TPSA) is 29.1 Å². The monoisotopic (exact) mass is 147 g/mol. The van der Waals surface area contributed by atoms with E-state index in [9.17, 15) is 4.79 Å². The summed E-state index contributed by atoms with van der Waals surface area (Å²) in [6.07, 6.45) is 0.559. The van der Waals surface area contributed by atoms with E-state index in [4.69, 9.17) is 0 Å². The highest BCUT2D eigenvalue weighted by atomic mass is 32.1. The first-order valence-corrected chi connectivity index (χ1v) is 3.50. The fourth-order valence-electron chi connectivity index (χ4n) is 0.640. The molecule has 3 heteroatoms. The normalized spacial score (nSPS) is 13.2.